The Hall–Kier alpha value is -1.61. The molecule has 2 aromatic rings. The summed E-state index contributed by atoms with van der Waals surface area (Å²) in [6, 6.07) is 15.5. The minimum Gasteiger partial charge on any atom is -0.508 e. The number of rotatable bonds is 7. The number of phenols is 1. The number of aryl methyl sites for hydroxylation is 1. The number of thioether (sulfide) groups is 1. The van der Waals surface area contributed by atoms with Crippen LogP contribution in [0.2, 0.25) is 0 Å². The van der Waals surface area contributed by atoms with Crippen LogP contribution in [-0.2, 0) is 0 Å². The summed E-state index contributed by atoms with van der Waals surface area (Å²) in [6.45, 7) is 2.83. The monoisotopic (exact) mass is 288 g/mol. The summed E-state index contributed by atoms with van der Waals surface area (Å²) in [5.41, 5.74) is 1.23. The van der Waals surface area contributed by atoms with Crippen LogP contribution in [0, 0.1) is 6.92 Å². The molecule has 20 heavy (non-hydrogen) atoms. The van der Waals surface area contributed by atoms with Gasteiger partial charge in [0.05, 0.1) is 6.61 Å². The van der Waals surface area contributed by atoms with E-state index in [0.29, 0.717) is 5.75 Å². The first kappa shape index (κ1) is 14.8. The summed E-state index contributed by atoms with van der Waals surface area (Å²) in [6.07, 6.45) is 2.18. The van der Waals surface area contributed by atoms with Crippen LogP contribution in [-0.4, -0.2) is 17.5 Å². The zero-order valence-electron chi connectivity index (χ0n) is 11.7. The Kier molecular flexibility index (Phi) is 5.81. The minimum absolute atomic E-state index is 0.320. The molecule has 0 fully saturated rings. The molecular weight excluding hydrogens is 268 g/mol. The van der Waals surface area contributed by atoms with Crippen LogP contribution in [0.1, 0.15) is 18.4 Å². The number of phenolic OH excluding ortho intramolecular Hbond substituents is 1. The Labute approximate surface area is 124 Å². The molecule has 2 rings (SSSR count). The maximum atomic E-state index is 9.20. The molecule has 2 aromatic carbocycles. The molecule has 0 aliphatic rings. The van der Waals surface area contributed by atoms with E-state index in [1.165, 1.54) is 10.5 Å². The number of unbranched alkanes of at least 4 members (excludes halogenated alkanes) is 1. The largest absolute Gasteiger partial charge is 0.508 e. The lowest BCUT2D eigenvalue weighted by atomic mass is 10.2. The Morgan fingerprint density at radius 3 is 2.60 bits per heavy atom. The predicted octanol–water partition coefficient (Wildman–Crippen LogP) is 4.65. The second kappa shape index (κ2) is 7.85. The van der Waals surface area contributed by atoms with Gasteiger partial charge < -0.3 is 9.84 Å². The summed E-state index contributed by atoms with van der Waals surface area (Å²) >= 11 is 1.81. The van der Waals surface area contributed by atoms with Crippen molar-refractivity contribution in [2.24, 2.45) is 0 Å². The SMILES string of the molecule is Cc1cccc(OCCCCSc2ccc(O)cc2)c1. The Bertz CT molecular complexity index is 523. The van der Waals surface area contributed by atoms with Crippen LogP contribution in [0.3, 0.4) is 0 Å². The van der Waals surface area contributed by atoms with Crippen LogP contribution in [0.5, 0.6) is 11.5 Å². The molecule has 0 aliphatic carbocycles. The van der Waals surface area contributed by atoms with Crippen molar-refractivity contribution in [3.8, 4) is 11.5 Å². The average Bonchev–Trinajstić information content (AvgIpc) is 2.45. The van der Waals surface area contributed by atoms with E-state index < -0.39 is 0 Å². The number of hydrogen-bond donors (Lipinski definition) is 1. The highest BCUT2D eigenvalue weighted by atomic mass is 32.2. The van der Waals surface area contributed by atoms with Gasteiger partial charge in [0.25, 0.3) is 0 Å². The Balaban J connectivity index is 1.59. The highest BCUT2D eigenvalue weighted by Crippen LogP contribution is 2.21. The van der Waals surface area contributed by atoms with E-state index in [0.717, 1.165) is 31.0 Å². The molecule has 0 aliphatic heterocycles. The van der Waals surface area contributed by atoms with Crippen molar-refractivity contribution < 1.29 is 9.84 Å². The zero-order valence-corrected chi connectivity index (χ0v) is 12.5. The third-order valence-corrected chi connectivity index (χ3v) is 4.00. The van der Waals surface area contributed by atoms with E-state index in [1.54, 1.807) is 12.1 Å². The maximum absolute atomic E-state index is 9.20. The number of hydrogen-bond acceptors (Lipinski definition) is 3. The van der Waals surface area contributed by atoms with Crippen molar-refractivity contribution in [3.63, 3.8) is 0 Å². The van der Waals surface area contributed by atoms with Gasteiger partial charge in [0.1, 0.15) is 11.5 Å². The third-order valence-electron chi connectivity index (χ3n) is 2.90. The van der Waals surface area contributed by atoms with Gasteiger partial charge in [-0.05, 0) is 67.5 Å². The number of benzene rings is 2. The van der Waals surface area contributed by atoms with Crippen molar-refractivity contribution >= 4 is 11.8 Å². The van der Waals surface area contributed by atoms with Crippen LogP contribution < -0.4 is 4.74 Å². The molecule has 0 radical (unpaired) electrons. The molecule has 0 atom stereocenters. The lowest BCUT2D eigenvalue weighted by Crippen LogP contribution is -1.98. The summed E-state index contributed by atoms with van der Waals surface area (Å²) < 4.78 is 5.71. The van der Waals surface area contributed by atoms with Crippen LogP contribution >= 0.6 is 11.8 Å². The van der Waals surface area contributed by atoms with Crippen molar-refractivity contribution in [3.05, 3.63) is 54.1 Å². The van der Waals surface area contributed by atoms with Gasteiger partial charge in [0.15, 0.2) is 0 Å². The lowest BCUT2D eigenvalue weighted by Gasteiger charge is -2.06. The fraction of sp³-hybridized carbons (Fsp3) is 0.294. The molecule has 0 saturated carbocycles. The zero-order chi connectivity index (χ0) is 14.2. The molecule has 0 saturated heterocycles. The molecule has 0 spiro atoms. The second-order valence-corrected chi connectivity index (χ2v) is 5.88. The molecular formula is C17H20O2S. The first-order valence-corrected chi connectivity index (χ1v) is 7.84. The van der Waals surface area contributed by atoms with Crippen molar-refractivity contribution in [1.29, 1.82) is 0 Å². The third kappa shape index (κ3) is 5.17. The normalized spacial score (nSPS) is 10.4. The summed E-state index contributed by atoms with van der Waals surface area (Å²) in [7, 11) is 0. The highest BCUT2D eigenvalue weighted by molar-refractivity contribution is 7.99. The maximum Gasteiger partial charge on any atom is 0.119 e. The Morgan fingerprint density at radius 2 is 1.85 bits per heavy atom. The van der Waals surface area contributed by atoms with Crippen LogP contribution in [0.25, 0.3) is 0 Å². The molecule has 3 heteroatoms. The standard InChI is InChI=1S/C17H20O2S/c1-14-5-4-6-16(13-14)19-11-2-3-12-20-17-9-7-15(18)8-10-17/h4-10,13,18H,2-3,11-12H2,1H3. The van der Waals surface area contributed by atoms with Gasteiger partial charge in [-0.3, -0.25) is 0 Å². The molecule has 1 N–H and O–H groups in total. The Morgan fingerprint density at radius 1 is 1.05 bits per heavy atom. The van der Waals surface area contributed by atoms with E-state index in [4.69, 9.17) is 4.74 Å². The van der Waals surface area contributed by atoms with E-state index in [2.05, 4.69) is 19.1 Å². The van der Waals surface area contributed by atoms with Crippen molar-refractivity contribution in [1.82, 2.24) is 0 Å². The predicted molar refractivity (Wildman–Crippen MR) is 84.7 cm³/mol. The van der Waals surface area contributed by atoms with Gasteiger partial charge in [-0.1, -0.05) is 12.1 Å². The van der Waals surface area contributed by atoms with Gasteiger partial charge >= 0.3 is 0 Å². The van der Waals surface area contributed by atoms with Crippen LogP contribution in [0.4, 0.5) is 0 Å². The number of ether oxygens (including phenoxy) is 1. The van der Waals surface area contributed by atoms with Gasteiger partial charge in [0, 0.05) is 4.90 Å². The van der Waals surface area contributed by atoms with Crippen molar-refractivity contribution in [2.45, 2.75) is 24.7 Å². The highest BCUT2D eigenvalue weighted by Gasteiger charge is 1.97. The molecule has 0 amide bonds. The van der Waals surface area contributed by atoms with Gasteiger partial charge in [-0.15, -0.1) is 11.8 Å². The average molecular weight is 288 g/mol. The van der Waals surface area contributed by atoms with E-state index in [9.17, 15) is 5.11 Å². The second-order valence-electron chi connectivity index (χ2n) is 4.71. The molecule has 0 bridgehead atoms. The molecule has 0 aromatic heterocycles. The quantitative estimate of drug-likeness (QED) is 0.594. The first-order chi connectivity index (χ1) is 9.74. The van der Waals surface area contributed by atoms with Crippen molar-refractivity contribution in [2.75, 3.05) is 12.4 Å². The summed E-state index contributed by atoms with van der Waals surface area (Å²) in [5.74, 6) is 2.35. The van der Waals surface area contributed by atoms with Gasteiger partial charge in [0.2, 0.25) is 0 Å². The molecule has 0 unspecified atom stereocenters. The molecule has 106 valence electrons. The lowest BCUT2D eigenvalue weighted by molar-refractivity contribution is 0.309. The molecule has 0 heterocycles. The topological polar surface area (TPSA) is 29.5 Å². The van der Waals surface area contributed by atoms with Gasteiger partial charge in [-0.2, -0.15) is 0 Å². The fourth-order valence-corrected chi connectivity index (χ4v) is 2.74. The van der Waals surface area contributed by atoms with Gasteiger partial charge in [-0.25, -0.2) is 0 Å². The van der Waals surface area contributed by atoms with E-state index >= 15 is 0 Å². The fourth-order valence-electron chi connectivity index (χ4n) is 1.83. The molecule has 2 nitrogen and oxygen atoms in total. The van der Waals surface area contributed by atoms with E-state index in [-0.39, 0.29) is 0 Å². The number of aromatic hydroxyl groups is 1. The smallest absolute Gasteiger partial charge is 0.119 e. The minimum atomic E-state index is 0.320. The van der Waals surface area contributed by atoms with Crippen LogP contribution in [0.15, 0.2) is 53.4 Å². The first-order valence-electron chi connectivity index (χ1n) is 6.85. The summed E-state index contributed by atoms with van der Waals surface area (Å²) in [5, 5.41) is 9.20. The summed E-state index contributed by atoms with van der Waals surface area (Å²) in [4.78, 5) is 1.20. The van der Waals surface area contributed by atoms with E-state index in [1.807, 2.05) is 36.0 Å².